The molecule has 2 N–H and O–H groups in total. The minimum absolute atomic E-state index is 0.0855. The number of anilines is 1. The van der Waals surface area contributed by atoms with Gasteiger partial charge in [-0.2, -0.15) is 0 Å². The van der Waals surface area contributed by atoms with E-state index in [9.17, 15) is 23.5 Å². The highest BCUT2D eigenvalue weighted by Crippen LogP contribution is 2.32. The monoisotopic (exact) mass is 521 g/mol. The zero-order valence-electron chi connectivity index (χ0n) is 20.0. The van der Waals surface area contributed by atoms with Crippen molar-refractivity contribution in [3.05, 3.63) is 77.6 Å². The zero-order chi connectivity index (χ0) is 26.9. The second-order valence-corrected chi connectivity index (χ2v) is 8.74. The van der Waals surface area contributed by atoms with Gasteiger partial charge in [0.15, 0.2) is 17.2 Å². The van der Waals surface area contributed by atoms with Crippen molar-refractivity contribution in [2.45, 2.75) is 11.6 Å². The number of fused-ring (bicyclic) bond motifs is 1. The summed E-state index contributed by atoms with van der Waals surface area (Å²) < 4.78 is 43.3. The van der Waals surface area contributed by atoms with Gasteiger partial charge in [0.1, 0.15) is 35.7 Å². The fourth-order valence-corrected chi connectivity index (χ4v) is 3.75. The number of amides is 2. The number of pyridine rings is 1. The molecule has 0 unspecified atom stereocenters. The molecule has 0 spiro atoms. The number of nitrogens with one attached hydrogen (secondary N) is 1. The molecular formula is C27H21F2N3O6. The molecule has 0 saturated carbocycles. The van der Waals surface area contributed by atoms with Gasteiger partial charge in [0.2, 0.25) is 0 Å². The Bertz CT molecular complexity index is 1480. The van der Waals surface area contributed by atoms with Crippen LogP contribution in [0.25, 0.3) is 0 Å². The zero-order valence-corrected chi connectivity index (χ0v) is 20.0. The van der Waals surface area contributed by atoms with Gasteiger partial charge < -0.3 is 29.5 Å². The average Bonchev–Trinajstić information content (AvgIpc) is 3.00. The van der Waals surface area contributed by atoms with Crippen LogP contribution in [0.3, 0.4) is 0 Å². The lowest BCUT2D eigenvalue weighted by Crippen LogP contribution is -2.49. The molecule has 1 fully saturated rings. The number of halogens is 2. The molecule has 9 nitrogen and oxygen atoms in total. The predicted molar refractivity (Wildman–Crippen MR) is 130 cm³/mol. The smallest absolute Gasteiger partial charge is 0.270 e. The van der Waals surface area contributed by atoms with Gasteiger partial charge in [-0.15, -0.1) is 0 Å². The molecule has 3 heterocycles. The summed E-state index contributed by atoms with van der Waals surface area (Å²) in [4.78, 5) is 31.4. The highest BCUT2D eigenvalue weighted by molar-refractivity contribution is 6.03. The van der Waals surface area contributed by atoms with Gasteiger partial charge in [-0.3, -0.25) is 14.6 Å². The topological polar surface area (TPSA) is 110 Å². The maximum Gasteiger partial charge on any atom is 0.270 e. The molecule has 2 aliphatic rings. The van der Waals surface area contributed by atoms with Crippen molar-refractivity contribution >= 4 is 17.5 Å². The lowest BCUT2D eigenvalue weighted by molar-refractivity contribution is -0.140. The molecule has 1 aromatic heterocycles. The summed E-state index contributed by atoms with van der Waals surface area (Å²) in [6.07, 6.45) is 1.29. The molecule has 2 aromatic carbocycles. The van der Waals surface area contributed by atoms with Crippen molar-refractivity contribution in [3.63, 3.8) is 0 Å². The van der Waals surface area contributed by atoms with Crippen LogP contribution in [0, 0.1) is 23.5 Å². The van der Waals surface area contributed by atoms with Crippen LogP contribution in [0.15, 0.2) is 54.7 Å². The Morgan fingerprint density at radius 2 is 2.03 bits per heavy atom. The van der Waals surface area contributed by atoms with E-state index in [1.54, 1.807) is 25.2 Å². The van der Waals surface area contributed by atoms with E-state index >= 15 is 0 Å². The maximum atomic E-state index is 13.9. The third-order valence-corrected chi connectivity index (χ3v) is 5.87. The second-order valence-electron chi connectivity index (χ2n) is 8.74. The summed E-state index contributed by atoms with van der Waals surface area (Å²) in [6, 6.07) is 9.50. The molecule has 2 amide bonds. The van der Waals surface area contributed by atoms with E-state index in [2.05, 4.69) is 22.1 Å². The van der Waals surface area contributed by atoms with E-state index in [0.29, 0.717) is 23.1 Å². The van der Waals surface area contributed by atoms with Crippen molar-refractivity contribution in [1.29, 1.82) is 0 Å². The van der Waals surface area contributed by atoms with E-state index in [1.807, 2.05) is 0 Å². The lowest BCUT2D eigenvalue weighted by Gasteiger charge is -2.30. The molecule has 0 aliphatic carbocycles. The Morgan fingerprint density at radius 1 is 1.21 bits per heavy atom. The fraction of sp³-hybridized carbons (Fsp3) is 0.222. The van der Waals surface area contributed by atoms with Crippen LogP contribution < -0.4 is 19.7 Å². The number of hydrogen-bond acceptors (Lipinski definition) is 7. The van der Waals surface area contributed by atoms with Gasteiger partial charge in [0.25, 0.3) is 11.8 Å². The first-order valence-corrected chi connectivity index (χ1v) is 11.5. The van der Waals surface area contributed by atoms with Crippen LogP contribution in [0.5, 0.6) is 17.2 Å². The lowest BCUT2D eigenvalue weighted by atomic mass is 10.0. The first-order chi connectivity index (χ1) is 18.2. The Hall–Kier alpha value is -4.53. The number of aliphatic hydroxyl groups is 1. The number of aromatic nitrogens is 1. The van der Waals surface area contributed by atoms with Crippen LogP contribution in [0.4, 0.5) is 14.5 Å². The summed E-state index contributed by atoms with van der Waals surface area (Å²) in [5.74, 6) is 3.16. The molecule has 2 aliphatic heterocycles. The third-order valence-electron chi connectivity index (χ3n) is 5.87. The van der Waals surface area contributed by atoms with E-state index < -0.39 is 35.1 Å². The first-order valence-electron chi connectivity index (χ1n) is 11.5. The highest BCUT2D eigenvalue weighted by Gasteiger charge is 2.34. The quantitative estimate of drug-likeness (QED) is 0.508. The van der Waals surface area contributed by atoms with Crippen LogP contribution in [0.1, 0.15) is 16.1 Å². The maximum absolute atomic E-state index is 13.9. The van der Waals surface area contributed by atoms with Crippen LogP contribution in [0.2, 0.25) is 0 Å². The minimum atomic E-state index is -1.18. The normalized spacial score (nSPS) is 17.6. The van der Waals surface area contributed by atoms with Gasteiger partial charge in [-0.1, -0.05) is 11.8 Å². The van der Waals surface area contributed by atoms with Crippen molar-refractivity contribution in [3.8, 4) is 29.1 Å². The second kappa shape index (κ2) is 10.1. The van der Waals surface area contributed by atoms with E-state index in [4.69, 9.17) is 14.2 Å². The molecule has 0 bridgehead atoms. The molecule has 1 saturated heterocycles. The summed E-state index contributed by atoms with van der Waals surface area (Å²) in [5, 5.41) is 12.7. The number of benzene rings is 2. The first kappa shape index (κ1) is 25.1. The van der Waals surface area contributed by atoms with Crippen LogP contribution in [-0.4, -0.2) is 60.4 Å². The summed E-state index contributed by atoms with van der Waals surface area (Å²) in [7, 11) is 1.55. The van der Waals surface area contributed by atoms with Gasteiger partial charge in [-0.05, 0) is 36.4 Å². The standard InChI is InChI=1S/C27H21F2N3O6/c1-32-22-10-16(6-8-27(35)14-36-15-27)2-4-24(22)37-13-21(26(32)34)31-25(33)20-12-18(7-9-30-20)38-23-5-3-17(28)11-19(23)29/h2-5,7,9-12,21,35H,13-15H2,1H3,(H,31,33)/t21-/m0/s1. The van der Waals surface area contributed by atoms with Crippen molar-refractivity contribution in [1.82, 2.24) is 10.3 Å². The Morgan fingerprint density at radius 3 is 2.76 bits per heavy atom. The number of likely N-dealkylation sites (N-methyl/N-ethyl adjacent to an activating group) is 1. The fourth-order valence-electron chi connectivity index (χ4n) is 3.75. The highest BCUT2D eigenvalue weighted by atomic mass is 19.1. The summed E-state index contributed by atoms with van der Waals surface area (Å²) >= 11 is 0. The van der Waals surface area contributed by atoms with Gasteiger partial charge in [-0.25, -0.2) is 8.78 Å². The van der Waals surface area contributed by atoms with Gasteiger partial charge in [0, 0.05) is 30.9 Å². The number of nitrogens with zero attached hydrogens (tertiary/aromatic N) is 2. The summed E-state index contributed by atoms with van der Waals surface area (Å²) in [5.41, 5.74) is -0.249. The Kier molecular flexibility index (Phi) is 6.67. The SMILES string of the molecule is CN1C(=O)[C@@H](NC(=O)c2cc(Oc3ccc(F)cc3F)ccn2)COc2ccc(C#CC3(O)COC3)cc21. The Balaban J connectivity index is 1.29. The minimum Gasteiger partial charge on any atom is -0.489 e. The molecule has 5 rings (SSSR count). The third kappa shape index (κ3) is 5.27. The van der Waals surface area contributed by atoms with E-state index in [0.717, 1.165) is 12.1 Å². The molecule has 194 valence electrons. The number of ether oxygens (including phenoxy) is 3. The van der Waals surface area contributed by atoms with Gasteiger partial charge in [0.05, 0.1) is 18.9 Å². The Labute approximate surface area is 216 Å². The van der Waals surface area contributed by atoms with E-state index in [1.165, 1.54) is 23.2 Å². The molecule has 38 heavy (non-hydrogen) atoms. The molecule has 1 atom stereocenters. The van der Waals surface area contributed by atoms with Crippen molar-refractivity contribution < 1.29 is 37.7 Å². The molecular weight excluding hydrogens is 500 g/mol. The number of carbonyl (C=O) groups excluding carboxylic acids is 2. The molecule has 11 heteroatoms. The molecule has 3 aromatic rings. The van der Waals surface area contributed by atoms with E-state index in [-0.39, 0.29) is 37.0 Å². The average molecular weight is 521 g/mol. The number of hydrogen-bond donors (Lipinski definition) is 2. The van der Waals surface area contributed by atoms with Crippen molar-refractivity contribution in [2.24, 2.45) is 0 Å². The van der Waals surface area contributed by atoms with Crippen LogP contribution in [-0.2, 0) is 9.53 Å². The van der Waals surface area contributed by atoms with Crippen LogP contribution >= 0.6 is 0 Å². The number of rotatable bonds is 4. The van der Waals surface area contributed by atoms with Crippen molar-refractivity contribution in [2.75, 3.05) is 31.8 Å². The summed E-state index contributed by atoms with van der Waals surface area (Å²) in [6.45, 7) is 0.142. The largest absolute Gasteiger partial charge is 0.489 e. The van der Waals surface area contributed by atoms with Gasteiger partial charge >= 0.3 is 0 Å². The predicted octanol–water partition coefficient (Wildman–Crippen LogP) is 2.42. The molecule has 0 radical (unpaired) electrons. The number of carbonyl (C=O) groups is 2.